The molecule has 1 aliphatic rings. The highest BCUT2D eigenvalue weighted by molar-refractivity contribution is 6.00. The second-order valence-electron chi connectivity index (χ2n) is 5.89. The minimum Gasteiger partial charge on any atom is -0.399 e. The van der Waals surface area contributed by atoms with Crippen molar-refractivity contribution in [1.82, 2.24) is 14.9 Å². The van der Waals surface area contributed by atoms with E-state index in [1.807, 2.05) is 6.20 Å². The Morgan fingerprint density at radius 3 is 2.88 bits per heavy atom. The lowest BCUT2D eigenvalue weighted by atomic mass is 10.1. The molecule has 1 aromatic carbocycles. The quantitative estimate of drug-likeness (QED) is 0.604. The molecule has 2 aromatic rings. The van der Waals surface area contributed by atoms with E-state index in [0.29, 0.717) is 5.92 Å². The van der Waals surface area contributed by atoms with Gasteiger partial charge in [0.05, 0.1) is 11.4 Å². The van der Waals surface area contributed by atoms with Crippen LogP contribution in [0.1, 0.15) is 30.0 Å². The van der Waals surface area contributed by atoms with Crippen molar-refractivity contribution in [3.05, 3.63) is 59.9 Å². The number of benzene rings is 1. The Morgan fingerprint density at radius 1 is 1.33 bits per heavy atom. The average molecular weight is 328 g/mol. The fraction of sp³-hybridized carbons (Fsp3) is 0.389. The fourth-order valence-electron chi connectivity index (χ4n) is 3.06. The second-order valence-corrected chi connectivity index (χ2v) is 5.89. The molecule has 0 saturated carbocycles. The van der Waals surface area contributed by atoms with E-state index in [1.165, 1.54) is 19.2 Å². The average Bonchev–Trinajstić information content (AvgIpc) is 3.09. The number of oxime groups is 1. The summed E-state index contributed by atoms with van der Waals surface area (Å²) in [5.74, 6) is 0.189. The molecule has 6 heteroatoms. The summed E-state index contributed by atoms with van der Waals surface area (Å²) >= 11 is 0. The van der Waals surface area contributed by atoms with Gasteiger partial charge in [0.1, 0.15) is 12.9 Å². The Balaban J connectivity index is 1.58. The van der Waals surface area contributed by atoms with E-state index in [9.17, 15) is 4.39 Å². The van der Waals surface area contributed by atoms with Crippen molar-refractivity contribution in [3.63, 3.8) is 0 Å². The first-order valence-electron chi connectivity index (χ1n) is 8.10. The van der Waals surface area contributed by atoms with E-state index < -0.39 is 0 Å². The molecule has 0 amide bonds. The summed E-state index contributed by atoms with van der Waals surface area (Å²) in [5, 5.41) is 4.11. The Kier molecular flexibility index (Phi) is 5.48. The molecule has 1 aliphatic heterocycles. The van der Waals surface area contributed by atoms with Gasteiger partial charge in [0.2, 0.25) is 0 Å². The van der Waals surface area contributed by atoms with Crippen molar-refractivity contribution >= 4 is 5.71 Å². The van der Waals surface area contributed by atoms with E-state index in [1.54, 1.807) is 24.5 Å². The lowest BCUT2D eigenvalue weighted by Crippen LogP contribution is -2.24. The summed E-state index contributed by atoms with van der Waals surface area (Å²) < 4.78 is 13.1. The Labute approximate surface area is 141 Å². The Hall–Kier alpha value is -2.34. The van der Waals surface area contributed by atoms with Gasteiger partial charge >= 0.3 is 0 Å². The third-order valence-corrected chi connectivity index (χ3v) is 4.32. The molecule has 0 bridgehead atoms. The molecule has 0 spiro atoms. The van der Waals surface area contributed by atoms with Crippen LogP contribution in [0.3, 0.4) is 0 Å². The maximum absolute atomic E-state index is 13.1. The number of hydrogen-bond donors (Lipinski definition) is 0. The summed E-state index contributed by atoms with van der Waals surface area (Å²) in [5.41, 5.74) is 2.78. The van der Waals surface area contributed by atoms with Gasteiger partial charge in [-0.15, -0.1) is 0 Å². The Bertz CT molecular complexity index is 675. The minimum atomic E-state index is -0.248. The first-order chi connectivity index (χ1) is 11.8. The van der Waals surface area contributed by atoms with E-state index in [-0.39, 0.29) is 5.82 Å². The molecule has 1 unspecified atom stereocenters. The number of hydrogen-bond acceptors (Lipinski definition) is 5. The molecule has 126 valence electrons. The maximum atomic E-state index is 13.1. The summed E-state index contributed by atoms with van der Waals surface area (Å²) in [4.78, 5) is 15.9. The normalized spacial score (nSPS) is 18.8. The topological polar surface area (TPSA) is 50.6 Å². The van der Waals surface area contributed by atoms with Crippen LogP contribution in [0.4, 0.5) is 4.39 Å². The smallest absolute Gasteiger partial charge is 0.123 e. The van der Waals surface area contributed by atoms with E-state index in [4.69, 9.17) is 4.84 Å². The molecule has 3 rings (SSSR count). The zero-order valence-corrected chi connectivity index (χ0v) is 13.7. The van der Waals surface area contributed by atoms with Gasteiger partial charge in [-0.05, 0) is 30.7 Å². The molecule has 2 heterocycles. The van der Waals surface area contributed by atoms with Crippen molar-refractivity contribution in [1.29, 1.82) is 0 Å². The molecule has 1 atom stereocenters. The van der Waals surface area contributed by atoms with E-state index in [0.717, 1.165) is 49.4 Å². The molecular formula is C18H21FN4O. The number of halogens is 1. The van der Waals surface area contributed by atoms with E-state index in [2.05, 4.69) is 20.0 Å². The lowest BCUT2D eigenvalue weighted by molar-refractivity contribution is 0.212. The molecule has 1 aromatic heterocycles. The Morgan fingerprint density at radius 2 is 2.17 bits per heavy atom. The van der Waals surface area contributed by atoms with Crippen molar-refractivity contribution < 1.29 is 9.23 Å². The minimum absolute atomic E-state index is 0.248. The predicted octanol–water partition coefficient (Wildman–Crippen LogP) is 2.85. The van der Waals surface area contributed by atoms with Gasteiger partial charge in [-0.3, -0.25) is 9.97 Å². The lowest BCUT2D eigenvalue weighted by Gasteiger charge is -2.16. The molecule has 1 fully saturated rings. The van der Waals surface area contributed by atoms with Crippen molar-refractivity contribution in [2.24, 2.45) is 5.16 Å². The van der Waals surface area contributed by atoms with Gasteiger partial charge in [-0.1, -0.05) is 17.3 Å². The number of rotatable bonds is 6. The second kappa shape index (κ2) is 7.97. The van der Waals surface area contributed by atoms with Gasteiger partial charge in [-0.2, -0.15) is 0 Å². The van der Waals surface area contributed by atoms with Gasteiger partial charge in [0, 0.05) is 44.0 Å². The summed E-state index contributed by atoms with van der Waals surface area (Å²) in [6, 6.07) is 6.36. The first-order valence-corrected chi connectivity index (χ1v) is 8.10. The van der Waals surface area contributed by atoms with Gasteiger partial charge in [-0.25, -0.2) is 4.39 Å². The van der Waals surface area contributed by atoms with Crippen LogP contribution in [0.15, 0.2) is 48.0 Å². The highest BCUT2D eigenvalue weighted by Crippen LogP contribution is 2.25. The highest BCUT2D eigenvalue weighted by Gasteiger charge is 2.25. The molecule has 0 N–H and O–H groups in total. The number of likely N-dealkylation sites (tertiary alicyclic amines) is 1. The molecule has 0 radical (unpaired) electrons. The molecule has 5 nitrogen and oxygen atoms in total. The predicted molar refractivity (Wildman–Crippen MR) is 90.4 cm³/mol. The van der Waals surface area contributed by atoms with Crippen LogP contribution in [0.2, 0.25) is 0 Å². The summed E-state index contributed by atoms with van der Waals surface area (Å²) in [6.07, 6.45) is 7.14. The van der Waals surface area contributed by atoms with Gasteiger partial charge < -0.3 is 9.74 Å². The van der Waals surface area contributed by atoms with Crippen LogP contribution < -0.4 is 0 Å². The SMILES string of the molecule is CO/N=C(\CCN1CCC(c2cnccn2)C1)c1ccc(F)cc1. The largest absolute Gasteiger partial charge is 0.399 e. The summed E-state index contributed by atoms with van der Waals surface area (Å²) in [6.45, 7) is 2.89. The van der Waals surface area contributed by atoms with Crippen LogP contribution in [-0.4, -0.2) is 47.3 Å². The summed E-state index contributed by atoms with van der Waals surface area (Å²) in [7, 11) is 1.53. The fourth-order valence-corrected chi connectivity index (χ4v) is 3.06. The monoisotopic (exact) mass is 328 g/mol. The van der Waals surface area contributed by atoms with Crippen LogP contribution in [0.25, 0.3) is 0 Å². The van der Waals surface area contributed by atoms with Crippen molar-refractivity contribution in [3.8, 4) is 0 Å². The standard InChI is InChI=1S/C18H21FN4O/c1-24-22-17(14-2-4-16(19)5-3-14)7-11-23-10-6-15(13-23)18-12-20-8-9-21-18/h2-5,8-9,12,15H,6-7,10-11,13H2,1H3/b22-17+. The van der Waals surface area contributed by atoms with Crippen LogP contribution in [0, 0.1) is 5.82 Å². The zero-order valence-electron chi connectivity index (χ0n) is 13.7. The van der Waals surface area contributed by atoms with Crippen LogP contribution in [-0.2, 0) is 4.84 Å². The third-order valence-electron chi connectivity index (χ3n) is 4.32. The maximum Gasteiger partial charge on any atom is 0.123 e. The molecular weight excluding hydrogens is 307 g/mol. The van der Waals surface area contributed by atoms with E-state index >= 15 is 0 Å². The first kappa shape index (κ1) is 16.5. The van der Waals surface area contributed by atoms with Crippen LogP contribution >= 0.6 is 0 Å². The van der Waals surface area contributed by atoms with Gasteiger partial charge in [0.25, 0.3) is 0 Å². The number of aromatic nitrogens is 2. The van der Waals surface area contributed by atoms with Crippen molar-refractivity contribution in [2.75, 3.05) is 26.7 Å². The zero-order chi connectivity index (χ0) is 16.8. The number of nitrogens with zero attached hydrogens (tertiary/aromatic N) is 4. The van der Waals surface area contributed by atoms with Crippen molar-refractivity contribution in [2.45, 2.75) is 18.8 Å². The van der Waals surface area contributed by atoms with Crippen LogP contribution in [0.5, 0.6) is 0 Å². The van der Waals surface area contributed by atoms with Gasteiger partial charge in [0.15, 0.2) is 0 Å². The molecule has 24 heavy (non-hydrogen) atoms. The molecule has 1 saturated heterocycles. The highest BCUT2D eigenvalue weighted by atomic mass is 19.1. The molecule has 0 aliphatic carbocycles. The third kappa shape index (κ3) is 4.14.